The van der Waals surface area contributed by atoms with Crippen LogP contribution < -0.4 is 15.9 Å². The average molecular weight is 1050 g/mol. The van der Waals surface area contributed by atoms with Crippen molar-refractivity contribution in [2.75, 3.05) is 13.2 Å². The zero-order valence-electron chi connectivity index (χ0n) is 37.7. The van der Waals surface area contributed by atoms with E-state index in [4.69, 9.17) is 4.74 Å². The molecule has 66 heavy (non-hydrogen) atoms. The fourth-order valence-electron chi connectivity index (χ4n) is 10.4. The van der Waals surface area contributed by atoms with Crippen LogP contribution in [-0.4, -0.2) is 13.2 Å². The van der Waals surface area contributed by atoms with E-state index in [2.05, 4.69) is 231 Å². The van der Waals surface area contributed by atoms with Gasteiger partial charge in [-0.15, -0.1) is 0 Å². The summed E-state index contributed by atoms with van der Waals surface area (Å²) in [5.41, 5.74) is 19.7. The predicted molar refractivity (Wildman–Crippen MR) is 278 cm³/mol. The Morgan fingerprint density at radius 3 is 1.42 bits per heavy atom. The molecule has 1 aliphatic heterocycles. The van der Waals surface area contributed by atoms with Gasteiger partial charge >= 0.3 is 301 Å². The second-order valence-electron chi connectivity index (χ2n) is 17.3. The standard InChI is InChI=1S/C63H53OP.Os/c1-4-19-46-31-38-60-52(40-46)36-34-49-20-15-17-28-58(49)62(60)63-59-29-18-16-21-50(59)35-37-53-41-47(32-39-61(53)63)30-33-51(42-54-44-64-43-48(54)5-2)45(3)65(55-22-9-6-10-23-55,56-24-11-7-12-25-56)57-26-13-8-14-27-57;/h4-33,38-42H,34-37,43-44H2,1-2H3;/q+1;/b19-4+,33-30+,48-5?,51-45?,54-42?,63-62+;. The van der Waals surface area contributed by atoms with Gasteiger partial charge < -0.3 is 0 Å². The Morgan fingerprint density at radius 2 is 0.939 bits per heavy atom. The van der Waals surface area contributed by atoms with Crippen LogP contribution in [-0.2, 0) is 48.4 Å². The Bertz CT molecular complexity index is 3080. The van der Waals surface area contributed by atoms with Gasteiger partial charge in [0.25, 0.3) is 0 Å². The zero-order valence-corrected chi connectivity index (χ0v) is 41.1. The van der Waals surface area contributed by atoms with Gasteiger partial charge in [-0.2, -0.15) is 0 Å². The summed E-state index contributed by atoms with van der Waals surface area (Å²) in [6.45, 7) is 5.44. The quantitative estimate of drug-likeness (QED) is 0.109. The molecule has 1 saturated heterocycles. The first kappa shape index (κ1) is 43.7. The number of benzene rings is 7. The van der Waals surface area contributed by atoms with E-state index in [0.717, 1.165) is 31.3 Å². The van der Waals surface area contributed by atoms with Crippen molar-refractivity contribution in [3.05, 3.63) is 278 Å². The number of allylic oxidation sites excluding steroid dienone is 6. The minimum atomic E-state index is -2.46. The molecule has 0 saturated carbocycles. The summed E-state index contributed by atoms with van der Waals surface area (Å²) in [7, 11) is -2.46. The van der Waals surface area contributed by atoms with Gasteiger partial charge in [0.1, 0.15) is 0 Å². The summed E-state index contributed by atoms with van der Waals surface area (Å²) in [5.74, 6) is 0. The third-order valence-electron chi connectivity index (χ3n) is 13.5. The Morgan fingerprint density at radius 1 is 0.500 bits per heavy atom. The maximum absolute atomic E-state index is 6.11. The summed E-state index contributed by atoms with van der Waals surface area (Å²) in [6, 6.07) is 66.0. The first-order valence-electron chi connectivity index (χ1n) is 23.2. The van der Waals surface area contributed by atoms with Crippen molar-refractivity contribution in [1.82, 2.24) is 0 Å². The molecule has 0 unspecified atom stereocenters. The van der Waals surface area contributed by atoms with Crippen LogP contribution in [0.1, 0.15) is 69.5 Å². The third-order valence-corrected chi connectivity index (χ3v) is 18.9. The zero-order chi connectivity index (χ0) is 44.9. The number of ether oxygens (including phenoxy) is 1. The van der Waals surface area contributed by atoms with E-state index in [-0.39, 0.29) is 0 Å². The summed E-state index contributed by atoms with van der Waals surface area (Å²) in [4.78, 5) is 0. The Balaban J connectivity index is 1.20. The molecule has 7 aromatic carbocycles. The van der Waals surface area contributed by atoms with Crippen molar-refractivity contribution < 1.29 is 22.7 Å². The summed E-state index contributed by atoms with van der Waals surface area (Å²) in [5, 5.41) is 5.13. The molecule has 0 radical (unpaired) electrons. The summed E-state index contributed by atoms with van der Waals surface area (Å²) < 4.78 is 10.0. The van der Waals surface area contributed by atoms with Gasteiger partial charge in [-0.25, -0.2) is 0 Å². The molecule has 323 valence electrons. The van der Waals surface area contributed by atoms with Gasteiger partial charge in [-0.05, 0) is 36.5 Å². The molecule has 1 nitrogen and oxygen atoms in total. The van der Waals surface area contributed by atoms with Crippen LogP contribution in [0, 0.1) is 4.37 Å². The van der Waals surface area contributed by atoms with Gasteiger partial charge in [0.2, 0.25) is 0 Å². The van der Waals surface area contributed by atoms with E-state index < -0.39 is 7.26 Å². The van der Waals surface area contributed by atoms with Crippen LogP contribution in [0.2, 0.25) is 0 Å². The number of fused-ring (bicyclic) bond motifs is 4. The Hall–Kier alpha value is -6.21. The van der Waals surface area contributed by atoms with E-state index in [1.54, 1.807) is 0 Å². The SMILES string of the molecule is CC=C1COCC1=CC(/C=C/c1ccc2c(c1)CCc1ccccc1/C2=C1/c2ccccc2CCc2cc(/C=C/C)ccc21)=C([C]#[Os])[P+](c1ccccc1)(c1ccccc1)c1ccccc1. The van der Waals surface area contributed by atoms with Gasteiger partial charge in [-0.1, -0.05) is 66.7 Å². The van der Waals surface area contributed by atoms with Crippen LogP contribution in [0.4, 0.5) is 0 Å². The van der Waals surface area contributed by atoms with E-state index in [1.807, 2.05) is 17.9 Å². The van der Waals surface area contributed by atoms with E-state index in [0.29, 0.717) is 13.2 Å². The van der Waals surface area contributed by atoms with Crippen molar-refractivity contribution in [3.63, 3.8) is 0 Å². The Kier molecular flexibility index (Phi) is 13.0. The minimum absolute atomic E-state index is 0.587. The molecule has 3 aliphatic rings. The molecule has 0 atom stereocenters. The van der Waals surface area contributed by atoms with Crippen molar-refractivity contribution in [1.29, 1.82) is 0 Å². The number of rotatable bonds is 8. The number of hydrogen-bond donors (Lipinski definition) is 0. The first-order chi connectivity index (χ1) is 32.6. The monoisotopic (exact) mass is 1050 g/mol. The third kappa shape index (κ3) is 8.31. The predicted octanol–water partition coefficient (Wildman–Crippen LogP) is 13.6. The molecule has 0 bridgehead atoms. The molecule has 2 aliphatic carbocycles. The number of hydrogen-bond acceptors (Lipinski definition) is 1. The topological polar surface area (TPSA) is 9.23 Å². The van der Waals surface area contributed by atoms with Crippen LogP contribution in [0.15, 0.2) is 222 Å². The summed E-state index contributed by atoms with van der Waals surface area (Å²) >= 11 is 1.84. The fourth-order valence-corrected chi connectivity index (χ4v) is 16.2. The van der Waals surface area contributed by atoms with Crippen LogP contribution in [0.3, 0.4) is 0 Å². The molecular weight excluding hydrogens is 994 g/mol. The molecule has 1 fully saturated rings. The molecule has 0 spiro atoms. The molecule has 7 aromatic rings. The van der Waals surface area contributed by atoms with Gasteiger partial charge in [0.15, 0.2) is 0 Å². The second-order valence-corrected chi connectivity index (χ2v) is 21.3. The van der Waals surface area contributed by atoms with Crippen LogP contribution >= 0.6 is 7.26 Å². The van der Waals surface area contributed by atoms with E-state index in [9.17, 15) is 0 Å². The van der Waals surface area contributed by atoms with Gasteiger partial charge in [0, 0.05) is 0 Å². The Labute approximate surface area is 401 Å². The van der Waals surface area contributed by atoms with Gasteiger partial charge in [-0.3, -0.25) is 0 Å². The fraction of sp³-hybridized carbons (Fsp3) is 0.127. The van der Waals surface area contributed by atoms with Gasteiger partial charge in [0.05, 0.1) is 0 Å². The van der Waals surface area contributed by atoms with E-state index >= 15 is 0 Å². The molecular formula is C63H53OOsP+. The first-order valence-corrected chi connectivity index (χ1v) is 26.2. The molecule has 0 aromatic heterocycles. The van der Waals surface area contributed by atoms with Crippen molar-refractivity contribution in [2.45, 2.75) is 39.5 Å². The molecule has 1 heterocycles. The summed E-state index contributed by atoms with van der Waals surface area (Å²) in [6.07, 6.45) is 17.6. The molecule has 10 rings (SSSR count). The van der Waals surface area contributed by atoms with Crippen molar-refractivity contribution in [2.24, 2.45) is 0 Å². The molecule has 0 N–H and O–H groups in total. The second kappa shape index (κ2) is 19.7. The van der Waals surface area contributed by atoms with Crippen LogP contribution in [0.25, 0.3) is 23.3 Å². The van der Waals surface area contributed by atoms with Crippen LogP contribution in [0.5, 0.6) is 0 Å². The maximum atomic E-state index is 6.11. The normalized spacial score (nSPS) is 17.4. The molecule has 0 amide bonds. The average Bonchev–Trinajstić information content (AvgIpc) is 3.69. The van der Waals surface area contributed by atoms with Crippen molar-refractivity contribution in [3.8, 4) is 4.37 Å². The van der Waals surface area contributed by atoms with E-state index in [1.165, 1.54) is 99.2 Å². The number of aryl methyl sites for hydroxylation is 4. The molecule has 3 heteroatoms. The van der Waals surface area contributed by atoms with Crippen molar-refractivity contribution >= 4 is 46.5 Å².